The van der Waals surface area contributed by atoms with Gasteiger partial charge in [0.15, 0.2) is 0 Å². The molecular formula is C30H29Cl2F3N8O. The molecule has 3 aromatic carbocycles. The summed E-state index contributed by atoms with van der Waals surface area (Å²) in [6, 6.07) is 19.1. The first-order valence-electron chi connectivity index (χ1n) is 14.0. The van der Waals surface area contributed by atoms with Gasteiger partial charge in [0.1, 0.15) is 6.54 Å². The topological polar surface area (TPSA) is 111 Å². The van der Waals surface area contributed by atoms with Gasteiger partial charge in [-0.25, -0.2) is 4.99 Å². The second-order valence-electron chi connectivity index (χ2n) is 10.4. The summed E-state index contributed by atoms with van der Waals surface area (Å²) in [5.74, 6) is -0.00726. The van der Waals surface area contributed by atoms with Crippen molar-refractivity contribution in [2.75, 3.05) is 22.1 Å². The number of hydrogen-bond acceptors (Lipinski definition) is 5. The normalized spacial score (nSPS) is 14.3. The highest BCUT2D eigenvalue weighted by atomic mass is 35.5. The molecule has 0 spiro atoms. The molecule has 0 aliphatic heterocycles. The Balaban J connectivity index is 1.47. The first kappa shape index (κ1) is 31.3. The summed E-state index contributed by atoms with van der Waals surface area (Å²) in [6.45, 7) is -1.27. The van der Waals surface area contributed by atoms with Crippen molar-refractivity contribution in [2.45, 2.75) is 50.7 Å². The molecule has 1 heterocycles. The number of H-pyrrole nitrogens is 1. The van der Waals surface area contributed by atoms with Gasteiger partial charge in [-0.2, -0.15) is 18.4 Å². The number of guanidine groups is 1. The third kappa shape index (κ3) is 8.70. The number of nitrogens with one attached hydrogen (secondary N) is 3. The zero-order chi connectivity index (χ0) is 31.1. The van der Waals surface area contributed by atoms with E-state index in [1.165, 1.54) is 30.9 Å². The number of amides is 1. The Morgan fingerprint density at radius 1 is 0.955 bits per heavy atom. The summed E-state index contributed by atoms with van der Waals surface area (Å²) in [6.07, 6.45) is 1.29. The van der Waals surface area contributed by atoms with Crippen LogP contribution in [0, 0.1) is 0 Å². The number of rotatable bonds is 8. The molecule has 0 radical (unpaired) electrons. The number of hydrogen-bond donors (Lipinski definition) is 3. The van der Waals surface area contributed by atoms with Gasteiger partial charge in [0.2, 0.25) is 5.96 Å². The van der Waals surface area contributed by atoms with Crippen LogP contribution in [0.2, 0.25) is 10.0 Å². The van der Waals surface area contributed by atoms with E-state index in [4.69, 9.17) is 23.2 Å². The van der Waals surface area contributed by atoms with Crippen LogP contribution in [0.4, 0.5) is 30.5 Å². The number of aromatic amines is 1. The van der Waals surface area contributed by atoms with E-state index < -0.39 is 18.6 Å². The van der Waals surface area contributed by atoms with Gasteiger partial charge in [-0.1, -0.05) is 71.8 Å². The van der Waals surface area contributed by atoms with E-state index in [-0.39, 0.29) is 18.5 Å². The molecule has 1 aromatic heterocycles. The maximum Gasteiger partial charge on any atom is 0.408 e. The van der Waals surface area contributed by atoms with Crippen molar-refractivity contribution in [1.29, 1.82) is 0 Å². The smallest absolute Gasteiger partial charge is 0.326 e. The number of aliphatic imine (C=N–C) groups is 1. The lowest BCUT2D eigenvalue weighted by Gasteiger charge is -2.29. The van der Waals surface area contributed by atoms with Crippen molar-refractivity contribution in [1.82, 2.24) is 20.6 Å². The highest BCUT2D eigenvalue weighted by molar-refractivity contribution is 6.35. The minimum Gasteiger partial charge on any atom is -0.326 e. The second kappa shape index (κ2) is 14.1. The average Bonchev–Trinajstić information content (AvgIpc) is 3.51. The predicted octanol–water partition coefficient (Wildman–Crippen LogP) is 7.84. The summed E-state index contributed by atoms with van der Waals surface area (Å²) in [4.78, 5) is 18.2. The molecule has 44 heavy (non-hydrogen) atoms. The summed E-state index contributed by atoms with van der Waals surface area (Å²) in [7, 11) is 0. The van der Waals surface area contributed by atoms with Crippen molar-refractivity contribution in [3.63, 3.8) is 0 Å². The van der Waals surface area contributed by atoms with E-state index >= 15 is 0 Å². The fraction of sp³-hybridized carbons (Fsp3) is 0.300. The van der Waals surface area contributed by atoms with Gasteiger partial charge in [0, 0.05) is 27.0 Å². The van der Waals surface area contributed by atoms with Crippen LogP contribution in [0.15, 0.2) is 71.7 Å². The van der Waals surface area contributed by atoms with Crippen LogP contribution in [0.1, 0.15) is 59.5 Å². The van der Waals surface area contributed by atoms with E-state index in [1.54, 1.807) is 41.3 Å². The number of tetrazole rings is 1. The lowest BCUT2D eigenvalue weighted by Crippen LogP contribution is -2.37. The zero-order valence-corrected chi connectivity index (χ0v) is 24.9. The Hall–Kier alpha value is -4.16. The Morgan fingerprint density at radius 3 is 2.25 bits per heavy atom. The molecule has 0 unspecified atom stereocenters. The average molecular weight is 646 g/mol. The number of benzene rings is 3. The number of carbonyl (C=O) groups is 1. The number of anilines is 3. The van der Waals surface area contributed by atoms with Crippen molar-refractivity contribution in [2.24, 2.45) is 4.99 Å². The van der Waals surface area contributed by atoms with Crippen LogP contribution in [0.25, 0.3) is 0 Å². The van der Waals surface area contributed by atoms with E-state index in [9.17, 15) is 18.0 Å². The number of aromatic nitrogens is 4. The largest absolute Gasteiger partial charge is 0.408 e. The maximum absolute atomic E-state index is 13.4. The monoisotopic (exact) mass is 644 g/mol. The predicted molar refractivity (Wildman–Crippen MR) is 165 cm³/mol. The van der Waals surface area contributed by atoms with Crippen molar-refractivity contribution in [3.8, 4) is 0 Å². The summed E-state index contributed by atoms with van der Waals surface area (Å²) in [5.41, 5.74) is 3.25. The number of halogens is 5. The minimum absolute atomic E-state index is 0.0274. The number of alkyl halides is 3. The minimum atomic E-state index is -4.54. The van der Waals surface area contributed by atoms with Gasteiger partial charge in [-0.3, -0.25) is 10.1 Å². The van der Waals surface area contributed by atoms with Gasteiger partial charge in [-0.15, -0.1) is 5.10 Å². The maximum atomic E-state index is 13.4. The molecule has 230 valence electrons. The van der Waals surface area contributed by atoms with Crippen LogP contribution < -0.4 is 15.5 Å². The van der Waals surface area contributed by atoms with E-state index in [0.717, 1.165) is 12.8 Å². The quantitative estimate of drug-likeness (QED) is 0.133. The Morgan fingerprint density at radius 2 is 1.64 bits per heavy atom. The van der Waals surface area contributed by atoms with Crippen LogP contribution in [-0.2, 0) is 6.54 Å². The summed E-state index contributed by atoms with van der Waals surface area (Å²) >= 11 is 12.4. The number of carbonyl (C=O) groups excluding carboxylic acids is 1. The molecule has 5 rings (SSSR count). The van der Waals surface area contributed by atoms with Crippen LogP contribution in [0.3, 0.4) is 0 Å². The molecular weight excluding hydrogens is 616 g/mol. The SMILES string of the molecule is O=C(Nc1nn[nH]n1)c1ccc(CN(/C(=N\CC(F)(F)F)Nc2cc(Cl)cc(Cl)c2)c2ccc(C3CCCCC3)cc2)cc1. The third-order valence-electron chi connectivity index (χ3n) is 7.19. The van der Waals surface area contributed by atoms with Crippen molar-refractivity contribution in [3.05, 3.63) is 93.5 Å². The first-order chi connectivity index (χ1) is 21.1. The molecule has 0 saturated heterocycles. The van der Waals surface area contributed by atoms with Crippen LogP contribution in [-0.4, -0.2) is 45.2 Å². The van der Waals surface area contributed by atoms with E-state index in [2.05, 4.69) is 36.3 Å². The fourth-order valence-electron chi connectivity index (χ4n) is 5.10. The molecule has 1 saturated carbocycles. The molecule has 1 amide bonds. The van der Waals surface area contributed by atoms with Crippen LogP contribution >= 0.6 is 23.2 Å². The van der Waals surface area contributed by atoms with E-state index in [1.807, 2.05) is 24.3 Å². The van der Waals surface area contributed by atoms with Gasteiger partial charge in [-0.05, 0) is 77.6 Å². The second-order valence-corrected chi connectivity index (χ2v) is 11.3. The van der Waals surface area contributed by atoms with Crippen molar-refractivity contribution >= 4 is 52.4 Å². The zero-order valence-electron chi connectivity index (χ0n) is 23.4. The Kier molecular flexibility index (Phi) is 10.0. The Bertz CT molecular complexity index is 1550. The fourth-order valence-corrected chi connectivity index (χ4v) is 5.62. The van der Waals surface area contributed by atoms with Gasteiger partial charge in [0.05, 0.1) is 6.54 Å². The molecule has 3 N–H and O–H groups in total. The molecule has 9 nitrogen and oxygen atoms in total. The van der Waals surface area contributed by atoms with Gasteiger partial charge >= 0.3 is 6.18 Å². The third-order valence-corrected chi connectivity index (χ3v) is 7.63. The molecule has 1 aliphatic carbocycles. The lowest BCUT2D eigenvalue weighted by molar-refractivity contribution is -0.118. The van der Waals surface area contributed by atoms with E-state index in [0.29, 0.717) is 38.5 Å². The molecule has 1 aliphatic rings. The summed E-state index contributed by atoms with van der Waals surface area (Å²) in [5, 5.41) is 19.2. The highest BCUT2D eigenvalue weighted by Gasteiger charge is 2.28. The summed E-state index contributed by atoms with van der Waals surface area (Å²) < 4.78 is 40.3. The lowest BCUT2D eigenvalue weighted by atomic mass is 9.84. The Labute approximate surface area is 261 Å². The first-order valence-corrected chi connectivity index (χ1v) is 14.7. The van der Waals surface area contributed by atoms with Crippen molar-refractivity contribution < 1.29 is 18.0 Å². The molecule has 4 aromatic rings. The number of nitrogens with zero attached hydrogens (tertiary/aromatic N) is 5. The van der Waals surface area contributed by atoms with Gasteiger partial charge in [0.25, 0.3) is 11.9 Å². The molecule has 0 bridgehead atoms. The van der Waals surface area contributed by atoms with Gasteiger partial charge < -0.3 is 10.2 Å². The molecule has 1 fully saturated rings. The molecule has 14 heteroatoms. The van der Waals surface area contributed by atoms with Crippen LogP contribution in [0.5, 0.6) is 0 Å². The highest BCUT2D eigenvalue weighted by Crippen LogP contribution is 2.34. The molecule has 0 atom stereocenters. The standard InChI is InChI=1S/C30H29Cl2F3N8O/c31-23-14-24(32)16-25(15-23)37-29(36-18-30(33,34)35)43(26-12-10-21(11-13-26)20-4-2-1-3-5-20)17-19-6-8-22(9-7-19)27(44)38-28-39-41-42-40-28/h6-16,20H,1-5,17-18H2,(H,36,37)(H2,38,39,40,41,42,44).